The number of rotatable bonds is 6. The first-order valence-electron chi connectivity index (χ1n) is 9.44. The van der Waals surface area contributed by atoms with Gasteiger partial charge < -0.3 is 10.2 Å². The topological polar surface area (TPSA) is 99.7 Å². The lowest BCUT2D eigenvalue weighted by molar-refractivity contribution is -0.116. The van der Waals surface area contributed by atoms with Crippen LogP contribution in [0.1, 0.15) is 29.6 Å². The molecule has 2 heterocycles. The number of benzene rings is 1. The number of likely N-dealkylation sites (tertiary alicyclic amines) is 1. The number of para-hydroxylation sites is 1. The molecular formula is C20H24N4O4S. The molecule has 0 radical (unpaired) electrons. The van der Waals surface area contributed by atoms with Crippen molar-refractivity contribution in [2.24, 2.45) is 0 Å². The predicted molar refractivity (Wildman–Crippen MR) is 109 cm³/mol. The fraction of sp³-hybridized carbons (Fsp3) is 0.350. The highest BCUT2D eigenvalue weighted by Gasteiger charge is 2.25. The van der Waals surface area contributed by atoms with Crippen LogP contribution in [0.3, 0.4) is 0 Å². The van der Waals surface area contributed by atoms with Gasteiger partial charge in [-0.1, -0.05) is 12.1 Å². The molecule has 154 valence electrons. The number of hydrogen-bond acceptors (Lipinski definition) is 5. The van der Waals surface area contributed by atoms with Crippen molar-refractivity contribution in [1.82, 2.24) is 14.2 Å². The second-order valence-electron chi connectivity index (χ2n) is 6.90. The number of aromatic nitrogens is 1. The molecule has 9 heteroatoms. The molecule has 2 aromatic rings. The monoisotopic (exact) mass is 416 g/mol. The van der Waals surface area contributed by atoms with Crippen LogP contribution in [0, 0.1) is 0 Å². The summed E-state index contributed by atoms with van der Waals surface area (Å²) in [4.78, 5) is 30.9. The summed E-state index contributed by atoms with van der Waals surface area (Å²) in [5, 5.41) is 2.68. The molecule has 0 spiro atoms. The zero-order valence-electron chi connectivity index (χ0n) is 16.2. The van der Waals surface area contributed by atoms with E-state index in [0.717, 1.165) is 23.6 Å². The molecule has 1 saturated heterocycles. The van der Waals surface area contributed by atoms with Gasteiger partial charge in [-0.3, -0.25) is 14.6 Å². The predicted octanol–water partition coefficient (Wildman–Crippen LogP) is 1.97. The van der Waals surface area contributed by atoms with Crippen LogP contribution in [-0.4, -0.2) is 61.1 Å². The van der Waals surface area contributed by atoms with Gasteiger partial charge in [-0.25, -0.2) is 8.42 Å². The zero-order valence-corrected chi connectivity index (χ0v) is 17.1. The lowest BCUT2D eigenvalue weighted by Gasteiger charge is -2.27. The Bertz CT molecular complexity index is 973. The van der Waals surface area contributed by atoms with Crippen LogP contribution in [0.2, 0.25) is 0 Å². The Morgan fingerprint density at radius 2 is 1.83 bits per heavy atom. The summed E-state index contributed by atoms with van der Waals surface area (Å²) in [6, 6.07) is 9.71. The molecule has 1 fully saturated rings. The Morgan fingerprint density at radius 3 is 2.52 bits per heavy atom. The van der Waals surface area contributed by atoms with Crippen LogP contribution in [-0.2, 0) is 14.8 Å². The number of nitrogens with one attached hydrogen (secondary N) is 1. The molecule has 0 unspecified atom stereocenters. The lowest BCUT2D eigenvalue weighted by atomic mass is 10.1. The van der Waals surface area contributed by atoms with E-state index in [1.807, 2.05) is 0 Å². The number of piperidine rings is 1. The second kappa shape index (κ2) is 9.15. The quantitative estimate of drug-likeness (QED) is 0.776. The summed E-state index contributed by atoms with van der Waals surface area (Å²) >= 11 is 0. The van der Waals surface area contributed by atoms with Crippen LogP contribution >= 0.6 is 0 Å². The minimum absolute atomic E-state index is 0.0102. The molecule has 1 aromatic carbocycles. The van der Waals surface area contributed by atoms with Gasteiger partial charge in [0.25, 0.3) is 5.91 Å². The molecule has 3 rings (SSSR count). The van der Waals surface area contributed by atoms with Crippen LogP contribution in [0.5, 0.6) is 0 Å². The van der Waals surface area contributed by atoms with E-state index in [4.69, 9.17) is 0 Å². The summed E-state index contributed by atoms with van der Waals surface area (Å²) in [5.41, 5.74) is 0.778. The second-order valence-corrected chi connectivity index (χ2v) is 8.94. The van der Waals surface area contributed by atoms with Crippen molar-refractivity contribution in [2.75, 3.05) is 32.0 Å². The van der Waals surface area contributed by atoms with E-state index in [0.29, 0.717) is 24.3 Å². The molecule has 0 saturated carbocycles. The first kappa shape index (κ1) is 20.9. The minimum atomic E-state index is -3.84. The van der Waals surface area contributed by atoms with Gasteiger partial charge in [0, 0.05) is 32.5 Å². The van der Waals surface area contributed by atoms with Crippen molar-refractivity contribution in [2.45, 2.75) is 24.2 Å². The third-order valence-corrected chi connectivity index (χ3v) is 6.57. The fourth-order valence-corrected chi connectivity index (χ4v) is 4.29. The Labute approximate surface area is 170 Å². The van der Waals surface area contributed by atoms with Crippen LogP contribution in [0.4, 0.5) is 5.69 Å². The van der Waals surface area contributed by atoms with Gasteiger partial charge >= 0.3 is 0 Å². The summed E-state index contributed by atoms with van der Waals surface area (Å²) in [7, 11) is -2.51. The Morgan fingerprint density at radius 1 is 1.10 bits per heavy atom. The third-order valence-electron chi connectivity index (χ3n) is 4.78. The standard InChI is InChI=1S/C20H24N4O4S/c1-23(29(27,28)16-8-7-11-21-14-16)15-19(25)22-18-10-4-3-9-17(18)20(26)24-12-5-2-6-13-24/h3-4,7-11,14H,2,5-6,12-13,15H2,1H3,(H,22,25). The molecule has 1 aliphatic rings. The van der Waals surface area contributed by atoms with Crippen molar-refractivity contribution in [3.63, 3.8) is 0 Å². The summed E-state index contributed by atoms with van der Waals surface area (Å²) in [6.07, 6.45) is 5.76. The van der Waals surface area contributed by atoms with Gasteiger partial charge in [-0.05, 0) is 43.5 Å². The van der Waals surface area contributed by atoms with Crippen molar-refractivity contribution in [3.8, 4) is 0 Å². The molecule has 8 nitrogen and oxygen atoms in total. The van der Waals surface area contributed by atoms with Gasteiger partial charge in [0.1, 0.15) is 4.90 Å². The zero-order chi connectivity index (χ0) is 20.9. The SMILES string of the molecule is CN(CC(=O)Nc1ccccc1C(=O)N1CCCCC1)S(=O)(=O)c1cccnc1. The van der Waals surface area contributed by atoms with Crippen LogP contribution in [0.25, 0.3) is 0 Å². The Balaban J connectivity index is 1.70. The number of sulfonamides is 1. The van der Waals surface area contributed by atoms with E-state index < -0.39 is 15.9 Å². The Hall–Kier alpha value is -2.78. The number of pyridine rings is 1. The van der Waals surface area contributed by atoms with E-state index in [9.17, 15) is 18.0 Å². The van der Waals surface area contributed by atoms with Gasteiger partial charge in [0.2, 0.25) is 15.9 Å². The molecule has 2 amide bonds. The third kappa shape index (κ3) is 4.99. The van der Waals surface area contributed by atoms with Crippen molar-refractivity contribution in [1.29, 1.82) is 0 Å². The van der Waals surface area contributed by atoms with E-state index >= 15 is 0 Å². The van der Waals surface area contributed by atoms with E-state index in [-0.39, 0.29) is 17.3 Å². The fourth-order valence-electron chi connectivity index (χ4n) is 3.20. The molecular weight excluding hydrogens is 392 g/mol. The van der Waals surface area contributed by atoms with Crippen molar-refractivity contribution in [3.05, 3.63) is 54.4 Å². The number of amides is 2. The van der Waals surface area contributed by atoms with Gasteiger partial charge in [0.05, 0.1) is 17.8 Å². The normalized spacial score (nSPS) is 14.6. The maximum Gasteiger partial charge on any atom is 0.255 e. The summed E-state index contributed by atoms with van der Waals surface area (Å²) in [5.74, 6) is -0.657. The highest BCUT2D eigenvalue weighted by atomic mass is 32.2. The van der Waals surface area contributed by atoms with E-state index in [1.54, 1.807) is 29.2 Å². The maximum absolute atomic E-state index is 12.8. The number of hydrogen-bond donors (Lipinski definition) is 1. The average molecular weight is 417 g/mol. The Kier molecular flexibility index (Phi) is 6.60. The van der Waals surface area contributed by atoms with Gasteiger partial charge in [-0.15, -0.1) is 0 Å². The van der Waals surface area contributed by atoms with Gasteiger partial charge in [-0.2, -0.15) is 4.31 Å². The molecule has 1 aromatic heterocycles. The smallest absolute Gasteiger partial charge is 0.255 e. The summed E-state index contributed by atoms with van der Waals surface area (Å²) in [6.45, 7) is 1.02. The first-order chi connectivity index (χ1) is 13.9. The first-order valence-corrected chi connectivity index (χ1v) is 10.9. The average Bonchev–Trinajstić information content (AvgIpc) is 2.74. The number of anilines is 1. The number of carbonyl (C=O) groups is 2. The maximum atomic E-state index is 12.8. The molecule has 0 bridgehead atoms. The number of likely N-dealkylation sites (N-methyl/N-ethyl adjacent to an activating group) is 1. The minimum Gasteiger partial charge on any atom is -0.339 e. The number of carbonyl (C=O) groups excluding carboxylic acids is 2. The number of nitrogens with zero attached hydrogens (tertiary/aromatic N) is 3. The molecule has 1 aliphatic heterocycles. The lowest BCUT2D eigenvalue weighted by Crippen LogP contribution is -2.37. The molecule has 0 atom stereocenters. The highest BCUT2D eigenvalue weighted by molar-refractivity contribution is 7.89. The van der Waals surface area contributed by atoms with Gasteiger partial charge in [0.15, 0.2) is 0 Å². The van der Waals surface area contributed by atoms with Crippen LogP contribution < -0.4 is 5.32 Å². The van der Waals surface area contributed by atoms with Crippen molar-refractivity contribution >= 4 is 27.5 Å². The molecule has 1 N–H and O–H groups in total. The molecule has 0 aliphatic carbocycles. The van der Waals surface area contributed by atoms with Crippen LogP contribution in [0.15, 0.2) is 53.7 Å². The van der Waals surface area contributed by atoms with Crippen molar-refractivity contribution < 1.29 is 18.0 Å². The largest absolute Gasteiger partial charge is 0.339 e. The van der Waals surface area contributed by atoms with E-state index in [1.165, 1.54) is 31.6 Å². The summed E-state index contributed by atoms with van der Waals surface area (Å²) < 4.78 is 26.0. The highest BCUT2D eigenvalue weighted by Crippen LogP contribution is 2.20. The van der Waals surface area contributed by atoms with E-state index in [2.05, 4.69) is 10.3 Å². The molecule has 29 heavy (non-hydrogen) atoms.